The van der Waals surface area contributed by atoms with Gasteiger partial charge in [0, 0.05) is 12.7 Å². The second-order valence-corrected chi connectivity index (χ2v) is 3.84. The number of carbonyl (C=O) groups is 1. The predicted molar refractivity (Wildman–Crippen MR) is 55.3 cm³/mol. The Morgan fingerprint density at radius 1 is 1.46 bits per heavy atom. The molecule has 2 amide bonds. The zero-order valence-electron chi connectivity index (χ0n) is 8.55. The Morgan fingerprint density at radius 2 is 2.08 bits per heavy atom. The van der Waals surface area contributed by atoms with Crippen molar-refractivity contribution in [2.24, 2.45) is 5.41 Å². The summed E-state index contributed by atoms with van der Waals surface area (Å²) in [4.78, 5) is 11.0. The van der Waals surface area contributed by atoms with Crippen LogP contribution in [0.2, 0.25) is 0 Å². The van der Waals surface area contributed by atoms with Crippen molar-refractivity contribution in [2.75, 3.05) is 6.54 Å². The Balaban J connectivity index is 3.69. The standard InChI is InChI=1S/C10H18N2O/c1-5-7-11-9(13)12-8-6-10(2,3)4/h5-6,8H,1,7H2,2-4H3,(H2,11,12,13)/b8-6+. The highest BCUT2D eigenvalue weighted by molar-refractivity contribution is 5.74. The second-order valence-electron chi connectivity index (χ2n) is 3.84. The summed E-state index contributed by atoms with van der Waals surface area (Å²) in [6.07, 6.45) is 5.21. The number of carbonyl (C=O) groups excluding carboxylic acids is 1. The average molecular weight is 182 g/mol. The summed E-state index contributed by atoms with van der Waals surface area (Å²) >= 11 is 0. The molecule has 0 spiro atoms. The molecule has 2 N–H and O–H groups in total. The van der Waals surface area contributed by atoms with E-state index >= 15 is 0 Å². The van der Waals surface area contributed by atoms with Crippen LogP contribution in [0, 0.1) is 5.41 Å². The van der Waals surface area contributed by atoms with Gasteiger partial charge in [0.05, 0.1) is 0 Å². The maximum absolute atomic E-state index is 11.0. The van der Waals surface area contributed by atoms with Crippen LogP contribution in [0.4, 0.5) is 4.79 Å². The van der Waals surface area contributed by atoms with E-state index in [2.05, 4.69) is 38.0 Å². The van der Waals surface area contributed by atoms with Gasteiger partial charge in [-0.05, 0) is 5.41 Å². The van der Waals surface area contributed by atoms with Crippen molar-refractivity contribution in [3.05, 3.63) is 24.9 Å². The molecular formula is C10H18N2O. The van der Waals surface area contributed by atoms with Crippen molar-refractivity contribution in [3.8, 4) is 0 Å². The van der Waals surface area contributed by atoms with Crippen LogP contribution in [-0.4, -0.2) is 12.6 Å². The maximum atomic E-state index is 11.0. The molecule has 0 saturated heterocycles. The highest BCUT2D eigenvalue weighted by atomic mass is 16.2. The van der Waals surface area contributed by atoms with E-state index in [-0.39, 0.29) is 11.4 Å². The van der Waals surface area contributed by atoms with E-state index in [0.717, 1.165) is 0 Å². The molecule has 0 bridgehead atoms. The third-order valence-electron chi connectivity index (χ3n) is 1.20. The summed E-state index contributed by atoms with van der Waals surface area (Å²) in [7, 11) is 0. The van der Waals surface area contributed by atoms with Gasteiger partial charge < -0.3 is 10.6 Å². The van der Waals surface area contributed by atoms with Gasteiger partial charge in [-0.1, -0.05) is 32.9 Å². The minimum Gasteiger partial charge on any atom is -0.334 e. The molecule has 0 aliphatic rings. The van der Waals surface area contributed by atoms with Crippen LogP contribution in [-0.2, 0) is 0 Å². The molecule has 0 aromatic heterocycles. The monoisotopic (exact) mass is 182 g/mol. The molecule has 0 aromatic rings. The molecule has 0 heterocycles. The van der Waals surface area contributed by atoms with Crippen molar-refractivity contribution in [3.63, 3.8) is 0 Å². The van der Waals surface area contributed by atoms with E-state index < -0.39 is 0 Å². The number of hydrogen-bond donors (Lipinski definition) is 2. The zero-order valence-corrected chi connectivity index (χ0v) is 8.55. The van der Waals surface area contributed by atoms with Gasteiger partial charge in [-0.15, -0.1) is 6.58 Å². The number of rotatable bonds is 3. The molecular weight excluding hydrogens is 164 g/mol. The highest BCUT2D eigenvalue weighted by Gasteiger charge is 2.03. The summed E-state index contributed by atoms with van der Waals surface area (Å²) in [5.41, 5.74) is 0.0890. The van der Waals surface area contributed by atoms with E-state index in [1.54, 1.807) is 12.3 Å². The SMILES string of the molecule is C=CCNC(=O)N/C=C/C(C)(C)C. The fraction of sp³-hybridized carbons (Fsp3) is 0.500. The lowest BCUT2D eigenvalue weighted by Crippen LogP contribution is -2.32. The molecule has 0 saturated carbocycles. The smallest absolute Gasteiger partial charge is 0.318 e. The van der Waals surface area contributed by atoms with E-state index in [1.165, 1.54) is 0 Å². The normalized spacial score (nSPS) is 11.3. The summed E-state index contributed by atoms with van der Waals surface area (Å²) in [6, 6.07) is -0.208. The van der Waals surface area contributed by atoms with Crippen LogP contribution >= 0.6 is 0 Å². The van der Waals surface area contributed by atoms with Crippen molar-refractivity contribution >= 4 is 6.03 Å². The third kappa shape index (κ3) is 8.66. The van der Waals surface area contributed by atoms with Gasteiger partial charge in [-0.25, -0.2) is 4.79 Å². The Bertz CT molecular complexity index is 201. The molecule has 13 heavy (non-hydrogen) atoms. The molecule has 3 heteroatoms. The fourth-order valence-electron chi connectivity index (χ4n) is 0.583. The van der Waals surface area contributed by atoms with Crippen molar-refractivity contribution in [1.82, 2.24) is 10.6 Å². The van der Waals surface area contributed by atoms with Crippen LogP contribution in [0.5, 0.6) is 0 Å². The fourth-order valence-corrected chi connectivity index (χ4v) is 0.583. The first kappa shape index (κ1) is 11.8. The van der Waals surface area contributed by atoms with Gasteiger partial charge >= 0.3 is 6.03 Å². The van der Waals surface area contributed by atoms with Crippen molar-refractivity contribution in [2.45, 2.75) is 20.8 Å². The molecule has 0 rings (SSSR count). The van der Waals surface area contributed by atoms with Gasteiger partial charge in [0.25, 0.3) is 0 Å². The quantitative estimate of drug-likeness (QED) is 0.644. The Hall–Kier alpha value is -1.25. The number of urea groups is 1. The highest BCUT2D eigenvalue weighted by Crippen LogP contribution is 2.13. The Labute approximate surface area is 79.9 Å². The largest absolute Gasteiger partial charge is 0.334 e. The minimum absolute atomic E-state index is 0.0890. The molecule has 0 aliphatic carbocycles. The average Bonchev–Trinajstić information content (AvgIpc) is 1.98. The van der Waals surface area contributed by atoms with Gasteiger partial charge in [0.2, 0.25) is 0 Å². The molecule has 0 fully saturated rings. The second kappa shape index (κ2) is 5.41. The van der Waals surface area contributed by atoms with Crippen molar-refractivity contribution in [1.29, 1.82) is 0 Å². The van der Waals surface area contributed by atoms with Crippen LogP contribution in [0.3, 0.4) is 0 Å². The topological polar surface area (TPSA) is 41.1 Å². The van der Waals surface area contributed by atoms with E-state index in [9.17, 15) is 4.79 Å². The predicted octanol–water partition coefficient (Wildman–Crippen LogP) is 2.03. The Kier molecular flexibility index (Phi) is 4.89. The van der Waals surface area contributed by atoms with Crippen LogP contribution in [0.1, 0.15) is 20.8 Å². The minimum atomic E-state index is -0.208. The molecule has 74 valence electrons. The lowest BCUT2D eigenvalue weighted by atomic mass is 9.97. The van der Waals surface area contributed by atoms with E-state index in [4.69, 9.17) is 0 Å². The molecule has 3 nitrogen and oxygen atoms in total. The zero-order chi connectivity index (χ0) is 10.3. The van der Waals surface area contributed by atoms with Gasteiger partial charge in [-0.2, -0.15) is 0 Å². The molecule has 0 radical (unpaired) electrons. The number of nitrogens with one attached hydrogen (secondary N) is 2. The van der Waals surface area contributed by atoms with Gasteiger partial charge in [-0.3, -0.25) is 0 Å². The molecule has 0 aromatic carbocycles. The first-order valence-corrected chi connectivity index (χ1v) is 4.28. The first-order chi connectivity index (χ1) is 5.95. The summed E-state index contributed by atoms with van der Waals surface area (Å²) < 4.78 is 0. The summed E-state index contributed by atoms with van der Waals surface area (Å²) in [5, 5.41) is 5.19. The Morgan fingerprint density at radius 3 is 2.54 bits per heavy atom. The molecule has 0 aliphatic heterocycles. The third-order valence-corrected chi connectivity index (χ3v) is 1.20. The van der Waals surface area contributed by atoms with E-state index in [1.807, 2.05) is 6.08 Å². The molecule has 0 unspecified atom stereocenters. The van der Waals surface area contributed by atoms with E-state index in [0.29, 0.717) is 6.54 Å². The van der Waals surface area contributed by atoms with Crippen LogP contribution in [0.15, 0.2) is 24.9 Å². The number of allylic oxidation sites excluding steroid dienone is 1. The lowest BCUT2D eigenvalue weighted by molar-refractivity contribution is 0.245. The summed E-state index contributed by atoms with van der Waals surface area (Å²) in [6.45, 7) is 10.2. The number of hydrogen-bond acceptors (Lipinski definition) is 1. The van der Waals surface area contributed by atoms with Crippen LogP contribution in [0.25, 0.3) is 0 Å². The van der Waals surface area contributed by atoms with Crippen LogP contribution < -0.4 is 10.6 Å². The number of amides is 2. The lowest BCUT2D eigenvalue weighted by Gasteiger charge is -2.11. The maximum Gasteiger partial charge on any atom is 0.318 e. The van der Waals surface area contributed by atoms with Gasteiger partial charge in [0.1, 0.15) is 0 Å². The first-order valence-electron chi connectivity index (χ1n) is 4.28. The van der Waals surface area contributed by atoms with Gasteiger partial charge in [0.15, 0.2) is 0 Å². The van der Waals surface area contributed by atoms with Crippen molar-refractivity contribution < 1.29 is 4.79 Å². The summed E-state index contributed by atoms with van der Waals surface area (Å²) in [5.74, 6) is 0. The molecule has 0 atom stereocenters.